The minimum Gasteiger partial charge on any atom is -0.372 e. The van der Waals surface area contributed by atoms with E-state index in [9.17, 15) is 22.9 Å². The Kier molecular flexibility index (Phi) is 5.43. The van der Waals surface area contributed by atoms with Crippen LogP contribution in [-0.2, 0) is 10.0 Å². The summed E-state index contributed by atoms with van der Waals surface area (Å²) in [7, 11) is -4.05. The van der Waals surface area contributed by atoms with Gasteiger partial charge in [-0.05, 0) is 48.6 Å². The van der Waals surface area contributed by atoms with Crippen LogP contribution in [0.3, 0.4) is 0 Å². The molecule has 1 atom stereocenters. The maximum atomic E-state index is 13.3. The Labute approximate surface area is 156 Å². The number of nitrogens with one attached hydrogen (secondary N) is 1. The maximum absolute atomic E-state index is 13.3. The van der Waals surface area contributed by atoms with E-state index in [1.807, 2.05) is 0 Å². The second-order valence-corrected chi connectivity index (χ2v) is 8.26. The van der Waals surface area contributed by atoms with Gasteiger partial charge in [-0.1, -0.05) is 25.0 Å². The number of rotatable bonds is 6. The van der Waals surface area contributed by atoms with Gasteiger partial charge in [-0.2, -0.15) is 0 Å². The van der Waals surface area contributed by atoms with E-state index < -0.39 is 14.9 Å². The molecule has 1 aliphatic rings. The van der Waals surface area contributed by atoms with Crippen molar-refractivity contribution >= 4 is 21.4 Å². The number of nitrogens with zero attached hydrogens (tertiary/aromatic N) is 1. The minimum atomic E-state index is -4.05. The SMILES string of the molecule is NS(=O)(=O)c1ccc(NC(c2ccc(F)cc2)C2CCCC2)c([N+](=O)[O-])c1. The second-order valence-electron chi connectivity index (χ2n) is 6.70. The Balaban J connectivity index is 2.00. The number of hydrogen-bond donors (Lipinski definition) is 2. The van der Waals surface area contributed by atoms with Crippen molar-refractivity contribution < 1.29 is 17.7 Å². The fourth-order valence-electron chi connectivity index (χ4n) is 3.56. The van der Waals surface area contributed by atoms with Crippen LogP contribution in [0.2, 0.25) is 0 Å². The summed E-state index contributed by atoms with van der Waals surface area (Å²) in [6, 6.07) is 9.34. The van der Waals surface area contributed by atoms with E-state index in [1.165, 1.54) is 24.3 Å². The van der Waals surface area contributed by atoms with Gasteiger partial charge in [0.25, 0.3) is 5.69 Å². The number of nitrogens with two attached hydrogens (primary N) is 1. The van der Waals surface area contributed by atoms with E-state index in [4.69, 9.17) is 5.14 Å². The van der Waals surface area contributed by atoms with Crippen LogP contribution in [0.5, 0.6) is 0 Å². The molecule has 3 rings (SSSR count). The predicted molar refractivity (Wildman–Crippen MR) is 99.2 cm³/mol. The predicted octanol–water partition coefficient (Wildman–Crippen LogP) is 3.72. The lowest BCUT2D eigenvalue weighted by atomic mass is 9.91. The van der Waals surface area contributed by atoms with Gasteiger partial charge in [0, 0.05) is 6.07 Å². The first-order valence-corrected chi connectivity index (χ1v) is 10.1. The highest BCUT2D eigenvalue weighted by Crippen LogP contribution is 2.40. The Morgan fingerprint density at radius 2 is 1.78 bits per heavy atom. The number of primary sulfonamides is 1. The van der Waals surface area contributed by atoms with Crippen LogP contribution in [-0.4, -0.2) is 13.3 Å². The van der Waals surface area contributed by atoms with Crippen LogP contribution in [0.1, 0.15) is 37.3 Å². The molecule has 3 N–H and O–H groups in total. The van der Waals surface area contributed by atoms with E-state index >= 15 is 0 Å². The zero-order chi connectivity index (χ0) is 19.6. The number of nitro groups is 1. The van der Waals surface area contributed by atoms with Gasteiger partial charge in [-0.25, -0.2) is 17.9 Å². The molecule has 1 fully saturated rings. The molecule has 1 unspecified atom stereocenters. The van der Waals surface area contributed by atoms with Gasteiger partial charge in [0.05, 0.1) is 15.9 Å². The summed E-state index contributed by atoms with van der Waals surface area (Å²) < 4.78 is 36.3. The van der Waals surface area contributed by atoms with Crippen molar-refractivity contribution in [2.24, 2.45) is 11.1 Å². The average Bonchev–Trinajstić information content (AvgIpc) is 3.14. The van der Waals surface area contributed by atoms with Crippen LogP contribution in [0, 0.1) is 21.8 Å². The molecule has 0 heterocycles. The Bertz CT molecular complexity index is 942. The van der Waals surface area contributed by atoms with E-state index in [0.29, 0.717) is 0 Å². The molecule has 0 saturated heterocycles. The summed E-state index contributed by atoms with van der Waals surface area (Å²) in [5.41, 5.74) is 0.661. The maximum Gasteiger partial charge on any atom is 0.293 e. The molecule has 27 heavy (non-hydrogen) atoms. The molecule has 0 bridgehead atoms. The molecule has 2 aromatic rings. The van der Waals surface area contributed by atoms with Gasteiger partial charge in [-0.15, -0.1) is 0 Å². The minimum absolute atomic E-state index is 0.202. The smallest absolute Gasteiger partial charge is 0.293 e. The van der Waals surface area contributed by atoms with Crippen LogP contribution in [0.25, 0.3) is 0 Å². The molecule has 9 heteroatoms. The van der Waals surface area contributed by atoms with Crippen molar-refractivity contribution in [3.63, 3.8) is 0 Å². The third-order valence-electron chi connectivity index (χ3n) is 4.91. The zero-order valence-electron chi connectivity index (χ0n) is 14.5. The number of nitro benzene ring substituents is 1. The highest BCUT2D eigenvalue weighted by molar-refractivity contribution is 7.89. The fourth-order valence-corrected chi connectivity index (χ4v) is 4.10. The van der Waals surface area contributed by atoms with E-state index in [1.54, 1.807) is 12.1 Å². The Morgan fingerprint density at radius 3 is 2.33 bits per heavy atom. The fraction of sp³-hybridized carbons (Fsp3) is 0.333. The summed E-state index contributed by atoms with van der Waals surface area (Å²) >= 11 is 0. The topological polar surface area (TPSA) is 115 Å². The number of anilines is 1. The van der Waals surface area contributed by atoms with Crippen LogP contribution in [0.15, 0.2) is 47.4 Å². The lowest BCUT2D eigenvalue weighted by molar-refractivity contribution is -0.384. The summed E-state index contributed by atoms with van der Waals surface area (Å²) in [5.74, 6) is -0.111. The molecule has 144 valence electrons. The highest BCUT2D eigenvalue weighted by atomic mass is 32.2. The molecule has 0 spiro atoms. The van der Waals surface area contributed by atoms with Crippen molar-refractivity contribution in [1.29, 1.82) is 0 Å². The monoisotopic (exact) mass is 393 g/mol. The van der Waals surface area contributed by atoms with E-state index in [-0.39, 0.29) is 34.0 Å². The third-order valence-corrected chi connectivity index (χ3v) is 5.82. The second kappa shape index (κ2) is 7.61. The van der Waals surface area contributed by atoms with Gasteiger partial charge in [0.2, 0.25) is 10.0 Å². The third kappa shape index (κ3) is 4.42. The van der Waals surface area contributed by atoms with Crippen molar-refractivity contribution in [2.45, 2.75) is 36.6 Å². The van der Waals surface area contributed by atoms with Crippen molar-refractivity contribution in [3.8, 4) is 0 Å². The van der Waals surface area contributed by atoms with E-state index in [0.717, 1.165) is 37.3 Å². The molecular formula is C18H20FN3O4S. The number of hydrogen-bond acceptors (Lipinski definition) is 5. The summed E-state index contributed by atoms with van der Waals surface area (Å²) in [5, 5.41) is 19.7. The first-order chi connectivity index (χ1) is 12.8. The first kappa shape index (κ1) is 19.2. The lowest BCUT2D eigenvalue weighted by Gasteiger charge is -2.26. The van der Waals surface area contributed by atoms with Crippen LogP contribution < -0.4 is 10.5 Å². The quantitative estimate of drug-likeness (QED) is 0.573. The molecule has 1 aliphatic carbocycles. The zero-order valence-corrected chi connectivity index (χ0v) is 15.3. The molecule has 0 radical (unpaired) electrons. The largest absolute Gasteiger partial charge is 0.372 e. The van der Waals surface area contributed by atoms with Gasteiger partial charge in [0.15, 0.2) is 0 Å². The average molecular weight is 393 g/mol. The van der Waals surface area contributed by atoms with E-state index in [2.05, 4.69) is 5.32 Å². The molecule has 0 aromatic heterocycles. The Hall–Kier alpha value is -2.52. The first-order valence-electron chi connectivity index (χ1n) is 8.59. The molecule has 7 nitrogen and oxygen atoms in total. The highest BCUT2D eigenvalue weighted by Gasteiger charge is 2.29. The van der Waals surface area contributed by atoms with Crippen molar-refractivity contribution in [2.75, 3.05) is 5.32 Å². The van der Waals surface area contributed by atoms with Gasteiger partial charge in [0.1, 0.15) is 11.5 Å². The Morgan fingerprint density at radius 1 is 1.15 bits per heavy atom. The van der Waals surface area contributed by atoms with Crippen LogP contribution in [0.4, 0.5) is 15.8 Å². The van der Waals surface area contributed by atoms with Crippen molar-refractivity contribution in [1.82, 2.24) is 0 Å². The van der Waals surface area contributed by atoms with Gasteiger partial charge < -0.3 is 5.32 Å². The number of benzene rings is 2. The normalized spacial score (nSPS) is 16.2. The molecule has 1 saturated carbocycles. The van der Waals surface area contributed by atoms with Crippen molar-refractivity contribution in [3.05, 3.63) is 64.0 Å². The molecule has 2 aromatic carbocycles. The van der Waals surface area contributed by atoms with Gasteiger partial charge in [-0.3, -0.25) is 10.1 Å². The summed E-state index contributed by atoms with van der Waals surface area (Å²) in [6.45, 7) is 0. The molecular weight excluding hydrogens is 373 g/mol. The van der Waals surface area contributed by atoms with Gasteiger partial charge >= 0.3 is 0 Å². The lowest BCUT2D eigenvalue weighted by Crippen LogP contribution is -2.20. The number of halogens is 1. The molecule has 0 aliphatic heterocycles. The standard InChI is InChI=1S/C18H20FN3O4S/c19-14-7-5-13(6-8-14)18(12-3-1-2-4-12)21-16-10-9-15(27(20,25)26)11-17(16)22(23)24/h5-12,18,21H,1-4H2,(H2,20,25,26). The summed E-state index contributed by atoms with van der Waals surface area (Å²) in [4.78, 5) is 10.5. The molecule has 0 amide bonds. The number of sulfonamides is 1. The van der Waals surface area contributed by atoms with Crippen LogP contribution >= 0.6 is 0 Å². The summed E-state index contributed by atoms with van der Waals surface area (Å²) in [6.07, 6.45) is 4.04.